The Morgan fingerprint density at radius 1 is 1.47 bits per heavy atom. The molecule has 0 bridgehead atoms. The van der Waals surface area contributed by atoms with Crippen molar-refractivity contribution in [2.24, 2.45) is 5.92 Å². The average Bonchev–Trinajstić information content (AvgIpc) is 2.57. The fourth-order valence-electron chi connectivity index (χ4n) is 1.12. The monoisotopic (exact) mass is 275 g/mol. The summed E-state index contributed by atoms with van der Waals surface area (Å²) < 4.78 is 11.6. The number of halogens is 1. The summed E-state index contributed by atoms with van der Waals surface area (Å²) in [5.41, 5.74) is 0. The second kappa shape index (κ2) is 7.04. The van der Waals surface area contributed by atoms with Gasteiger partial charge in [0.25, 0.3) is 0 Å². The molecule has 1 rings (SSSR count). The Morgan fingerprint density at radius 2 is 2.27 bits per heavy atom. The molecule has 86 valence electrons. The van der Waals surface area contributed by atoms with Crippen molar-refractivity contribution >= 4 is 15.9 Å². The van der Waals surface area contributed by atoms with Crippen LogP contribution in [0.15, 0.2) is 21.2 Å². The molecular formula is C11H18BrNO2. The lowest BCUT2D eigenvalue weighted by molar-refractivity contribution is 0.111. The third-order valence-corrected chi connectivity index (χ3v) is 2.23. The van der Waals surface area contributed by atoms with Gasteiger partial charge in [-0.05, 0) is 34.0 Å². The Balaban J connectivity index is 1.98. The molecule has 0 radical (unpaired) electrons. The summed E-state index contributed by atoms with van der Waals surface area (Å²) in [5.74, 6) is 1.54. The first-order chi connectivity index (χ1) is 7.18. The van der Waals surface area contributed by atoms with Crippen molar-refractivity contribution in [1.82, 2.24) is 5.32 Å². The lowest BCUT2D eigenvalue weighted by atomic mass is 10.2. The molecule has 0 aliphatic rings. The van der Waals surface area contributed by atoms with Crippen molar-refractivity contribution in [3.05, 3.63) is 22.6 Å². The lowest BCUT2D eigenvalue weighted by Crippen LogP contribution is -2.19. The average molecular weight is 276 g/mol. The van der Waals surface area contributed by atoms with E-state index >= 15 is 0 Å². The number of hydrogen-bond acceptors (Lipinski definition) is 3. The van der Waals surface area contributed by atoms with E-state index in [-0.39, 0.29) is 0 Å². The van der Waals surface area contributed by atoms with Gasteiger partial charge in [0, 0.05) is 13.2 Å². The maximum absolute atomic E-state index is 5.44. The Labute approximate surface area is 99.3 Å². The molecule has 1 N–H and O–H groups in total. The fourth-order valence-corrected chi connectivity index (χ4v) is 1.46. The van der Waals surface area contributed by atoms with Crippen molar-refractivity contribution < 1.29 is 9.15 Å². The second-order valence-corrected chi connectivity index (χ2v) is 4.63. The van der Waals surface area contributed by atoms with Crippen LogP contribution >= 0.6 is 15.9 Å². The molecule has 1 aromatic heterocycles. The molecule has 0 aliphatic heterocycles. The zero-order chi connectivity index (χ0) is 11.1. The Hall–Kier alpha value is -0.320. The molecule has 0 unspecified atom stereocenters. The Morgan fingerprint density at radius 3 is 2.87 bits per heavy atom. The van der Waals surface area contributed by atoms with Crippen LogP contribution in [0, 0.1) is 5.92 Å². The quantitative estimate of drug-likeness (QED) is 0.778. The Bertz CT molecular complexity index is 273. The minimum absolute atomic E-state index is 0.603. The van der Waals surface area contributed by atoms with Gasteiger partial charge in [0.15, 0.2) is 4.67 Å². The minimum Gasteiger partial charge on any atom is -0.453 e. The van der Waals surface area contributed by atoms with Gasteiger partial charge in [-0.25, -0.2) is 0 Å². The standard InChI is InChI=1S/C11H18BrNO2/c1-9(2)8-14-6-5-13-7-10-3-4-11(12)15-10/h3-4,9,13H,5-8H2,1-2H3. The predicted octanol–water partition coefficient (Wildman–Crippen LogP) is 2.80. The molecule has 0 saturated carbocycles. The SMILES string of the molecule is CC(C)COCCNCc1ccc(Br)o1. The van der Waals surface area contributed by atoms with E-state index < -0.39 is 0 Å². The van der Waals surface area contributed by atoms with E-state index in [2.05, 4.69) is 35.1 Å². The van der Waals surface area contributed by atoms with Crippen molar-refractivity contribution in [2.75, 3.05) is 19.8 Å². The van der Waals surface area contributed by atoms with E-state index in [4.69, 9.17) is 9.15 Å². The first-order valence-corrected chi connectivity index (χ1v) is 6.00. The van der Waals surface area contributed by atoms with Gasteiger partial charge in [-0.3, -0.25) is 0 Å². The second-order valence-electron chi connectivity index (χ2n) is 3.85. The molecule has 0 atom stereocenters. The van der Waals surface area contributed by atoms with Crippen LogP contribution in [0.25, 0.3) is 0 Å². The van der Waals surface area contributed by atoms with Crippen molar-refractivity contribution in [1.29, 1.82) is 0 Å². The third kappa shape index (κ3) is 5.97. The highest BCUT2D eigenvalue weighted by Gasteiger charge is 1.98. The van der Waals surface area contributed by atoms with Gasteiger partial charge >= 0.3 is 0 Å². The van der Waals surface area contributed by atoms with Crippen molar-refractivity contribution in [3.63, 3.8) is 0 Å². The normalized spacial score (nSPS) is 11.2. The molecule has 0 spiro atoms. The van der Waals surface area contributed by atoms with E-state index in [1.165, 1.54) is 0 Å². The third-order valence-electron chi connectivity index (χ3n) is 1.80. The van der Waals surface area contributed by atoms with Gasteiger partial charge in [0.2, 0.25) is 0 Å². The van der Waals surface area contributed by atoms with Crippen LogP contribution < -0.4 is 5.32 Å². The molecule has 1 heterocycles. The maximum atomic E-state index is 5.44. The number of hydrogen-bond donors (Lipinski definition) is 1. The van der Waals surface area contributed by atoms with Crippen LogP contribution in [0.3, 0.4) is 0 Å². The molecule has 0 saturated heterocycles. The summed E-state index contributed by atoms with van der Waals surface area (Å²) in [6.45, 7) is 7.47. The summed E-state index contributed by atoms with van der Waals surface area (Å²) in [7, 11) is 0. The largest absolute Gasteiger partial charge is 0.453 e. The summed E-state index contributed by atoms with van der Waals surface area (Å²) in [4.78, 5) is 0. The van der Waals surface area contributed by atoms with Gasteiger partial charge in [-0.1, -0.05) is 13.8 Å². The van der Waals surface area contributed by atoms with E-state index in [1.54, 1.807) is 0 Å². The highest BCUT2D eigenvalue weighted by molar-refractivity contribution is 9.10. The molecule has 4 heteroatoms. The first-order valence-electron chi connectivity index (χ1n) is 5.21. The van der Waals surface area contributed by atoms with Crippen LogP contribution in [-0.4, -0.2) is 19.8 Å². The van der Waals surface area contributed by atoms with Gasteiger partial charge < -0.3 is 14.5 Å². The molecule has 15 heavy (non-hydrogen) atoms. The van der Waals surface area contributed by atoms with Crippen LogP contribution in [0.2, 0.25) is 0 Å². The number of furan rings is 1. The molecule has 0 fully saturated rings. The molecule has 0 amide bonds. The van der Waals surface area contributed by atoms with Crippen LogP contribution in [0.5, 0.6) is 0 Å². The smallest absolute Gasteiger partial charge is 0.169 e. The highest BCUT2D eigenvalue weighted by atomic mass is 79.9. The summed E-state index contributed by atoms with van der Waals surface area (Å²) in [5, 5.41) is 3.25. The van der Waals surface area contributed by atoms with E-state index in [9.17, 15) is 0 Å². The predicted molar refractivity (Wildman–Crippen MR) is 63.8 cm³/mol. The molecule has 0 aliphatic carbocycles. The molecule has 3 nitrogen and oxygen atoms in total. The van der Waals surface area contributed by atoms with Crippen LogP contribution in [0.1, 0.15) is 19.6 Å². The van der Waals surface area contributed by atoms with Gasteiger partial charge in [0.05, 0.1) is 13.2 Å². The van der Waals surface area contributed by atoms with E-state index in [0.29, 0.717) is 5.92 Å². The van der Waals surface area contributed by atoms with Crippen molar-refractivity contribution in [3.8, 4) is 0 Å². The zero-order valence-electron chi connectivity index (χ0n) is 9.25. The summed E-state index contributed by atoms with van der Waals surface area (Å²) in [6, 6.07) is 3.85. The minimum atomic E-state index is 0.603. The maximum Gasteiger partial charge on any atom is 0.169 e. The van der Waals surface area contributed by atoms with Crippen molar-refractivity contribution in [2.45, 2.75) is 20.4 Å². The van der Waals surface area contributed by atoms with E-state index in [1.807, 2.05) is 12.1 Å². The lowest BCUT2D eigenvalue weighted by Gasteiger charge is -2.06. The zero-order valence-corrected chi connectivity index (χ0v) is 10.8. The van der Waals surface area contributed by atoms with Gasteiger partial charge in [0.1, 0.15) is 5.76 Å². The highest BCUT2D eigenvalue weighted by Crippen LogP contribution is 2.13. The topological polar surface area (TPSA) is 34.4 Å². The fraction of sp³-hybridized carbons (Fsp3) is 0.636. The summed E-state index contributed by atoms with van der Waals surface area (Å²) >= 11 is 3.26. The Kier molecular flexibility index (Phi) is 5.98. The van der Waals surface area contributed by atoms with Gasteiger partial charge in [-0.2, -0.15) is 0 Å². The van der Waals surface area contributed by atoms with Gasteiger partial charge in [-0.15, -0.1) is 0 Å². The number of nitrogens with one attached hydrogen (secondary N) is 1. The van der Waals surface area contributed by atoms with Crippen LogP contribution in [0.4, 0.5) is 0 Å². The number of ether oxygens (including phenoxy) is 1. The molecule has 0 aromatic carbocycles. The first kappa shape index (κ1) is 12.7. The summed E-state index contributed by atoms with van der Waals surface area (Å²) in [6.07, 6.45) is 0. The van der Waals surface area contributed by atoms with E-state index in [0.717, 1.165) is 36.7 Å². The number of rotatable bonds is 7. The van der Waals surface area contributed by atoms with Crippen LogP contribution in [-0.2, 0) is 11.3 Å². The molecule has 1 aromatic rings. The molecular weight excluding hydrogens is 258 g/mol.